The lowest BCUT2D eigenvalue weighted by Crippen LogP contribution is -2.30. The van der Waals surface area contributed by atoms with Crippen LogP contribution in [0.1, 0.15) is 239 Å². The number of unbranched alkanes of at least 4 members (excludes halogenated alkanes) is 28. The maximum absolute atomic E-state index is 12.6. The Kier molecular flexibility index (Phi) is 37.9. The smallest absolute Gasteiger partial charge is 0.306 e. The predicted molar refractivity (Wildman–Crippen MR) is 206 cm³/mol. The number of hydrogen-bond acceptors (Lipinski definition) is 6. The Morgan fingerprint density at radius 2 is 0.551 bits per heavy atom. The first-order valence-corrected chi connectivity index (χ1v) is 21.5. The fourth-order valence-corrected chi connectivity index (χ4v) is 6.32. The van der Waals surface area contributed by atoms with Gasteiger partial charge in [0, 0.05) is 19.3 Å². The van der Waals surface area contributed by atoms with Crippen LogP contribution in [0.4, 0.5) is 0 Å². The maximum Gasteiger partial charge on any atom is 0.306 e. The minimum atomic E-state index is -0.755. The largest absolute Gasteiger partial charge is 0.462 e. The normalized spacial score (nSPS) is 11.8. The fourth-order valence-electron chi connectivity index (χ4n) is 6.32. The van der Waals surface area contributed by atoms with Gasteiger partial charge in [-0.3, -0.25) is 14.4 Å². The van der Waals surface area contributed by atoms with Crippen LogP contribution in [-0.2, 0) is 28.6 Å². The molecular formula is C43H82O6. The molecule has 0 aromatic heterocycles. The summed E-state index contributed by atoms with van der Waals surface area (Å²) >= 11 is 0. The Bertz CT molecular complexity index is 723. The summed E-state index contributed by atoms with van der Waals surface area (Å²) in [6.07, 6.45) is 38.3. The average Bonchev–Trinajstić information content (AvgIpc) is 3.09. The highest BCUT2D eigenvalue weighted by Crippen LogP contribution is 2.15. The van der Waals surface area contributed by atoms with E-state index in [1.54, 1.807) is 0 Å². The van der Waals surface area contributed by atoms with E-state index in [1.165, 1.54) is 135 Å². The van der Waals surface area contributed by atoms with E-state index in [0.717, 1.165) is 64.2 Å². The Morgan fingerprint density at radius 3 is 0.816 bits per heavy atom. The zero-order chi connectivity index (χ0) is 35.9. The molecule has 0 saturated carbocycles. The molecule has 0 spiro atoms. The van der Waals surface area contributed by atoms with Gasteiger partial charge in [0.05, 0.1) is 0 Å². The minimum absolute atomic E-state index is 0.0644. The van der Waals surface area contributed by atoms with Crippen LogP contribution in [0.2, 0.25) is 0 Å². The van der Waals surface area contributed by atoms with Gasteiger partial charge in [0.2, 0.25) is 0 Å². The average molecular weight is 695 g/mol. The monoisotopic (exact) mass is 695 g/mol. The molecule has 0 heterocycles. The number of ether oxygens (including phenoxy) is 3. The minimum Gasteiger partial charge on any atom is -0.462 e. The molecule has 0 saturated heterocycles. The molecule has 290 valence electrons. The molecule has 6 nitrogen and oxygen atoms in total. The summed E-state index contributed by atoms with van der Waals surface area (Å²) in [6, 6.07) is 0. The van der Waals surface area contributed by atoms with Gasteiger partial charge in [-0.25, -0.2) is 0 Å². The second kappa shape index (κ2) is 39.2. The van der Waals surface area contributed by atoms with E-state index >= 15 is 0 Å². The van der Waals surface area contributed by atoms with Crippen LogP contribution in [0.15, 0.2) is 0 Å². The van der Waals surface area contributed by atoms with Crippen molar-refractivity contribution in [1.82, 2.24) is 0 Å². The molecule has 0 aromatic carbocycles. The fraction of sp³-hybridized carbons (Fsp3) is 0.930. The zero-order valence-corrected chi connectivity index (χ0v) is 33.0. The van der Waals surface area contributed by atoms with Gasteiger partial charge < -0.3 is 14.2 Å². The third-order valence-electron chi connectivity index (χ3n) is 9.61. The SMILES string of the molecule is CCCCCCCCCCCCCCCCCCCC(=O)OC[C@@H](COC(=O)CCCCCCC)OC(=O)CCCCCCCCCCC. The first kappa shape index (κ1) is 47.4. The van der Waals surface area contributed by atoms with Gasteiger partial charge in [-0.05, 0) is 19.3 Å². The van der Waals surface area contributed by atoms with Crippen molar-refractivity contribution in [2.75, 3.05) is 13.2 Å². The van der Waals surface area contributed by atoms with Crippen LogP contribution in [0.25, 0.3) is 0 Å². The highest BCUT2D eigenvalue weighted by Gasteiger charge is 2.19. The van der Waals surface area contributed by atoms with E-state index < -0.39 is 6.10 Å². The molecule has 1 atom stereocenters. The molecule has 0 bridgehead atoms. The number of esters is 3. The highest BCUT2D eigenvalue weighted by molar-refractivity contribution is 5.71. The van der Waals surface area contributed by atoms with Crippen molar-refractivity contribution in [3.05, 3.63) is 0 Å². The first-order valence-electron chi connectivity index (χ1n) is 21.5. The summed E-state index contributed by atoms with van der Waals surface area (Å²) in [4.78, 5) is 37.3. The molecule has 0 radical (unpaired) electrons. The van der Waals surface area contributed by atoms with Crippen molar-refractivity contribution in [3.63, 3.8) is 0 Å². The Morgan fingerprint density at radius 1 is 0.327 bits per heavy atom. The van der Waals surface area contributed by atoms with Crippen molar-refractivity contribution in [2.24, 2.45) is 0 Å². The molecule has 0 aromatic rings. The van der Waals surface area contributed by atoms with Gasteiger partial charge in [0.1, 0.15) is 13.2 Å². The van der Waals surface area contributed by atoms with Gasteiger partial charge in [-0.2, -0.15) is 0 Å². The number of rotatable bonds is 39. The van der Waals surface area contributed by atoms with Crippen LogP contribution in [0, 0.1) is 0 Å². The summed E-state index contributed by atoms with van der Waals surface area (Å²) in [5, 5.41) is 0. The van der Waals surface area contributed by atoms with Crippen LogP contribution >= 0.6 is 0 Å². The molecule has 0 N–H and O–H groups in total. The molecule has 0 fully saturated rings. The molecule has 0 aliphatic heterocycles. The van der Waals surface area contributed by atoms with Crippen LogP contribution in [0.3, 0.4) is 0 Å². The summed E-state index contributed by atoms with van der Waals surface area (Å²) in [5.41, 5.74) is 0. The predicted octanol–water partition coefficient (Wildman–Crippen LogP) is 13.3. The first-order chi connectivity index (χ1) is 24.0. The summed E-state index contributed by atoms with van der Waals surface area (Å²) in [6.45, 7) is 6.55. The van der Waals surface area contributed by atoms with Crippen molar-refractivity contribution in [2.45, 2.75) is 245 Å². The summed E-state index contributed by atoms with van der Waals surface area (Å²) in [7, 11) is 0. The molecule has 0 aliphatic carbocycles. The molecule has 0 unspecified atom stereocenters. The van der Waals surface area contributed by atoms with Crippen LogP contribution < -0.4 is 0 Å². The Balaban J connectivity index is 4.12. The van der Waals surface area contributed by atoms with Gasteiger partial charge >= 0.3 is 17.9 Å². The molecule has 0 rings (SSSR count). The van der Waals surface area contributed by atoms with Crippen molar-refractivity contribution in [1.29, 1.82) is 0 Å². The second-order valence-corrected chi connectivity index (χ2v) is 14.6. The third-order valence-corrected chi connectivity index (χ3v) is 9.61. The lowest BCUT2D eigenvalue weighted by molar-refractivity contribution is -0.167. The Labute approximate surface area is 304 Å². The summed E-state index contributed by atoms with van der Waals surface area (Å²) in [5.74, 6) is -0.873. The van der Waals surface area contributed by atoms with E-state index in [2.05, 4.69) is 20.8 Å². The van der Waals surface area contributed by atoms with Crippen molar-refractivity contribution in [3.8, 4) is 0 Å². The number of carbonyl (C=O) groups is 3. The van der Waals surface area contributed by atoms with Gasteiger partial charge in [0.25, 0.3) is 0 Å². The van der Waals surface area contributed by atoms with Gasteiger partial charge in [0.15, 0.2) is 6.10 Å². The van der Waals surface area contributed by atoms with Gasteiger partial charge in [-0.15, -0.1) is 0 Å². The molecule has 0 amide bonds. The lowest BCUT2D eigenvalue weighted by atomic mass is 10.0. The molecular weight excluding hydrogens is 612 g/mol. The topological polar surface area (TPSA) is 78.9 Å². The maximum atomic E-state index is 12.6. The van der Waals surface area contributed by atoms with Crippen molar-refractivity contribution >= 4 is 17.9 Å². The zero-order valence-electron chi connectivity index (χ0n) is 33.0. The van der Waals surface area contributed by atoms with Crippen LogP contribution in [0.5, 0.6) is 0 Å². The highest BCUT2D eigenvalue weighted by atomic mass is 16.6. The number of hydrogen-bond donors (Lipinski definition) is 0. The summed E-state index contributed by atoms with van der Waals surface area (Å²) < 4.78 is 16.5. The van der Waals surface area contributed by atoms with E-state index in [-0.39, 0.29) is 31.1 Å². The number of carbonyl (C=O) groups excluding carboxylic acids is 3. The lowest BCUT2D eigenvalue weighted by Gasteiger charge is -2.18. The quantitative estimate of drug-likeness (QED) is 0.0362. The van der Waals surface area contributed by atoms with E-state index in [1.807, 2.05) is 0 Å². The molecule has 49 heavy (non-hydrogen) atoms. The van der Waals surface area contributed by atoms with E-state index in [9.17, 15) is 14.4 Å². The molecule has 0 aliphatic rings. The third kappa shape index (κ3) is 37.5. The van der Waals surface area contributed by atoms with E-state index in [4.69, 9.17) is 14.2 Å². The van der Waals surface area contributed by atoms with E-state index in [0.29, 0.717) is 19.3 Å². The standard InChI is InChI=1S/C43H82O6/c1-4-7-10-13-15-17-18-19-20-21-22-23-24-26-27-30-33-36-42(45)48-39-40(38-47-41(44)35-32-29-12-9-6-3)49-43(46)37-34-31-28-25-16-14-11-8-5-2/h40H,4-39H2,1-3H3/t40-/m1/s1. The second-order valence-electron chi connectivity index (χ2n) is 14.6. The van der Waals surface area contributed by atoms with Crippen LogP contribution in [-0.4, -0.2) is 37.2 Å². The molecule has 6 heteroatoms. The van der Waals surface area contributed by atoms with Gasteiger partial charge in [-0.1, -0.05) is 201 Å². The Hall–Kier alpha value is -1.59. The van der Waals surface area contributed by atoms with Crippen molar-refractivity contribution < 1.29 is 28.6 Å².